The summed E-state index contributed by atoms with van der Waals surface area (Å²) in [5.41, 5.74) is 0. The smallest absolute Gasteiger partial charge is 0.371 e. The van der Waals surface area contributed by atoms with Crippen LogP contribution in [0.1, 0.15) is 13.3 Å². The quantitative estimate of drug-likeness (QED) is 0.696. The Morgan fingerprint density at radius 2 is 2.06 bits per heavy atom. The van der Waals surface area contributed by atoms with E-state index in [1.807, 2.05) is 4.72 Å². The van der Waals surface area contributed by atoms with Gasteiger partial charge in [0.2, 0.25) is 10.0 Å². The first-order chi connectivity index (χ1) is 7.73. The number of halogens is 3. The number of hydrogen-bond donors (Lipinski definition) is 1. The molecule has 5 nitrogen and oxygen atoms in total. The summed E-state index contributed by atoms with van der Waals surface area (Å²) >= 11 is 0. The van der Waals surface area contributed by atoms with Crippen LogP contribution in [0.2, 0.25) is 0 Å². The zero-order valence-corrected chi connectivity index (χ0v) is 9.94. The molecule has 0 fully saturated rings. The van der Waals surface area contributed by atoms with Crippen molar-refractivity contribution in [3.05, 3.63) is 0 Å². The molecule has 100 valence electrons. The zero-order chi connectivity index (χ0) is 13.5. The van der Waals surface area contributed by atoms with Crippen LogP contribution in [-0.2, 0) is 14.8 Å². The van der Waals surface area contributed by atoms with Crippen LogP contribution in [0.15, 0.2) is 0 Å². The van der Waals surface area contributed by atoms with E-state index in [0.29, 0.717) is 0 Å². The average molecular weight is 274 g/mol. The van der Waals surface area contributed by atoms with E-state index in [1.54, 1.807) is 6.07 Å². The van der Waals surface area contributed by atoms with Gasteiger partial charge in [-0.3, -0.25) is 0 Å². The molecule has 1 unspecified atom stereocenters. The van der Waals surface area contributed by atoms with Crippen LogP contribution in [0.3, 0.4) is 0 Å². The molecule has 0 saturated carbocycles. The summed E-state index contributed by atoms with van der Waals surface area (Å²) in [5.74, 6) is 0. The van der Waals surface area contributed by atoms with Crippen molar-refractivity contribution in [3.8, 4) is 6.07 Å². The predicted molar refractivity (Wildman–Crippen MR) is 53.5 cm³/mol. The summed E-state index contributed by atoms with van der Waals surface area (Å²) in [6.07, 6.45) is -4.33. The molecule has 0 aromatic rings. The van der Waals surface area contributed by atoms with Gasteiger partial charge < -0.3 is 4.74 Å². The lowest BCUT2D eigenvalue weighted by Gasteiger charge is -2.11. The third-order valence-electron chi connectivity index (χ3n) is 1.70. The summed E-state index contributed by atoms with van der Waals surface area (Å²) in [5, 5.41) is 7.32. The summed E-state index contributed by atoms with van der Waals surface area (Å²) in [4.78, 5) is 0. The first-order valence-electron chi connectivity index (χ1n) is 4.75. The average Bonchev–Trinajstić information content (AvgIpc) is 2.16. The standard InChI is InChI=1S/C8H13F3N2O3S/c1-2-7(5-12)17(14,15)13-3-4-16-6-8(9,10)11/h7,13H,2-4,6H2,1H3. The van der Waals surface area contributed by atoms with Crippen molar-refractivity contribution in [2.24, 2.45) is 0 Å². The fraction of sp³-hybridized carbons (Fsp3) is 0.875. The van der Waals surface area contributed by atoms with E-state index in [4.69, 9.17) is 5.26 Å². The highest BCUT2D eigenvalue weighted by atomic mass is 32.2. The number of rotatable bonds is 7. The van der Waals surface area contributed by atoms with Crippen LogP contribution in [0, 0.1) is 11.3 Å². The lowest BCUT2D eigenvalue weighted by molar-refractivity contribution is -0.173. The Morgan fingerprint density at radius 3 is 2.47 bits per heavy atom. The fourth-order valence-corrected chi connectivity index (χ4v) is 2.07. The molecule has 0 rings (SSSR count). The lowest BCUT2D eigenvalue weighted by Crippen LogP contribution is -2.35. The highest BCUT2D eigenvalue weighted by Crippen LogP contribution is 2.14. The highest BCUT2D eigenvalue weighted by molar-refractivity contribution is 7.90. The maximum absolute atomic E-state index is 11.6. The summed E-state index contributed by atoms with van der Waals surface area (Å²) in [7, 11) is -3.81. The topological polar surface area (TPSA) is 79.2 Å². The Bertz CT molecular complexity index is 361. The Hall–Kier alpha value is -0.850. The molecule has 0 saturated heterocycles. The minimum absolute atomic E-state index is 0.106. The van der Waals surface area contributed by atoms with Crippen molar-refractivity contribution in [1.82, 2.24) is 4.72 Å². The number of nitriles is 1. The monoisotopic (exact) mass is 274 g/mol. The normalized spacial score (nSPS) is 14.3. The molecule has 0 heterocycles. The van der Waals surface area contributed by atoms with E-state index < -0.39 is 34.7 Å². The van der Waals surface area contributed by atoms with Gasteiger partial charge in [0.15, 0.2) is 5.25 Å². The van der Waals surface area contributed by atoms with Crippen molar-refractivity contribution in [1.29, 1.82) is 5.26 Å². The van der Waals surface area contributed by atoms with Crippen molar-refractivity contribution in [3.63, 3.8) is 0 Å². The Kier molecular flexibility index (Phi) is 6.44. The molecule has 0 aromatic carbocycles. The maximum Gasteiger partial charge on any atom is 0.411 e. The SMILES string of the molecule is CCC(C#N)S(=O)(=O)NCCOCC(F)(F)F. The molecule has 0 aliphatic carbocycles. The van der Waals surface area contributed by atoms with Crippen LogP contribution in [-0.4, -0.2) is 39.6 Å². The molecule has 0 aliphatic rings. The van der Waals surface area contributed by atoms with Crippen molar-refractivity contribution in [2.45, 2.75) is 24.8 Å². The third-order valence-corrected chi connectivity index (χ3v) is 3.50. The molecule has 0 aromatic heterocycles. The summed E-state index contributed by atoms with van der Waals surface area (Å²) < 4.78 is 63.8. The van der Waals surface area contributed by atoms with Gasteiger partial charge in [0.25, 0.3) is 0 Å². The number of nitrogens with zero attached hydrogens (tertiary/aromatic N) is 1. The molecule has 0 aliphatic heterocycles. The molecule has 9 heteroatoms. The van der Waals surface area contributed by atoms with Gasteiger partial charge in [-0.25, -0.2) is 13.1 Å². The van der Waals surface area contributed by atoms with Gasteiger partial charge in [-0.05, 0) is 6.42 Å². The first-order valence-corrected chi connectivity index (χ1v) is 6.30. The Labute approximate surface area is 97.6 Å². The van der Waals surface area contributed by atoms with E-state index in [0.717, 1.165) is 0 Å². The Morgan fingerprint density at radius 1 is 1.47 bits per heavy atom. The van der Waals surface area contributed by atoms with Crippen LogP contribution in [0.5, 0.6) is 0 Å². The third kappa shape index (κ3) is 7.14. The number of alkyl halides is 3. The molecule has 0 radical (unpaired) electrons. The molecular formula is C8H13F3N2O3S. The van der Waals surface area contributed by atoms with Gasteiger partial charge in [-0.1, -0.05) is 6.92 Å². The van der Waals surface area contributed by atoms with Crippen LogP contribution in [0.4, 0.5) is 13.2 Å². The summed E-state index contributed by atoms with van der Waals surface area (Å²) in [6.45, 7) is -0.603. The molecule has 1 N–H and O–H groups in total. The van der Waals surface area contributed by atoms with Crippen molar-refractivity contribution >= 4 is 10.0 Å². The van der Waals surface area contributed by atoms with Crippen molar-refractivity contribution in [2.75, 3.05) is 19.8 Å². The number of sulfonamides is 1. The second-order valence-electron chi connectivity index (χ2n) is 3.13. The van der Waals surface area contributed by atoms with Crippen LogP contribution in [0.25, 0.3) is 0 Å². The molecule has 0 bridgehead atoms. The van der Waals surface area contributed by atoms with Crippen molar-refractivity contribution < 1.29 is 26.3 Å². The van der Waals surface area contributed by atoms with E-state index in [2.05, 4.69) is 4.74 Å². The fourth-order valence-electron chi connectivity index (χ4n) is 0.925. The van der Waals surface area contributed by atoms with E-state index >= 15 is 0 Å². The first kappa shape index (κ1) is 16.1. The van der Waals surface area contributed by atoms with Crippen LogP contribution < -0.4 is 4.72 Å². The molecule has 0 spiro atoms. The summed E-state index contributed by atoms with van der Waals surface area (Å²) in [6, 6.07) is 1.59. The number of hydrogen-bond acceptors (Lipinski definition) is 4. The zero-order valence-electron chi connectivity index (χ0n) is 9.12. The minimum Gasteiger partial charge on any atom is -0.371 e. The van der Waals surface area contributed by atoms with Gasteiger partial charge in [-0.15, -0.1) is 0 Å². The lowest BCUT2D eigenvalue weighted by atomic mass is 10.4. The van der Waals surface area contributed by atoms with Crippen LogP contribution >= 0.6 is 0 Å². The van der Waals surface area contributed by atoms with E-state index in [9.17, 15) is 21.6 Å². The molecule has 0 amide bonds. The largest absolute Gasteiger partial charge is 0.411 e. The second kappa shape index (κ2) is 6.78. The number of nitrogens with one attached hydrogen (secondary N) is 1. The molecule has 1 atom stereocenters. The Balaban J connectivity index is 3.94. The van der Waals surface area contributed by atoms with Gasteiger partial charge in [0.05, 0.1) is 12.7 Å². The van der Waals surface area contributed by atoms with Gasteiger partial charge in [0.1, 0.15) is 6.61 Å². The molecule has 17 heavy (non-hydrogen) atoms. The predicted octanol–water partition coefficient (Wildman–Crippen LogP) is 0.787. The van der Waals surface area contributed by atoms with Gasteiger partial charge in [-0.2, -0.15) is 18.4 Å². The second-order valence-corrected chi connectivity index (χ2v) is 5.08. The number of ether oxygens (including phenoxy) is 1. The molecular weight excluding hydrogens is 261 g/mol. The maximum atomic E-state index is 11.6. The van der Waals surface area contributed by atoms with Gasteiger partial charge in [0, 0.05) is 6.54 Å². The highest BCUT2D eigenvalue weighted by Gasteiger charge is 2.27. The minimum atomic E-state index is -4.43. The van der Waals surface area contributed by atoms with E-state index in [1.165, 1.54) is 6.92 Å². The van der Waals surface area contributed by atoms with Gasteiger partial charge >= 0.3 is 6.18 Å². The van der Waals surface area contributed by atoms with E-state index in [-0.39, 0.29) is 13.0 Å².